The zero-order valence-electron chi connectivity index (χ0n) is 7.72. The molecule has 0 aliphatic heterocycles. The van der Waals surface area contributed by atoms with Crippen LogP contribution in [0.3, 0.4) is 0 Å². The van der Waals surface area contributed by atoms with Gasteiger partial charge in [-0.3, -0.25) is 0 Å². The van der Waals surface area contributed by atoms with Crippen LogP contribution in [0.5, 0.6) is 0 Å². The minimum absolute atomic E-state index is 0.693. The van der Waals surface area contributed by atoms with Gasteiger partial charge in [0, 0.05) is 19.6 Å². The van der Waals surface area contributed by atoms with Crippen molar-refractivity contribution in [3.05, 3.63) is 20.8 Å². The molecule has 0 spiro atoms. The molecule has 0 amide bonds. The van der Waals surface area contributed by atoms with Crippen molar-refractivity contribution in [3.8, 4) is 0 Å². The van der Waals surface area contributed by atoms with Crippen molar-refractivity contribution < 1.29 is 0 Å². The van der Waals surface area contributed by atoms with Crippen LogP contribution >= 0.6 is 43.2 Å². The normalized spacial score (nSPS) is 13.2. The quantitative estimate of drug-likeness (QED) is 0.668. The minimum atomic E-state index is 0.693. The summed E-state index contributed by atoms with van der Waals surface area (Å²) in [6.45, 7) is 2.23. The number of halogens is 2. The Morgan fingerprint density at radius 3 is 2.77 bits per heavy atom. The molecule has 0 aliphatic carbocycles. The van der Waals surface area contributed by atoms with Crippen molar-refractivity contribution in [1.29, 1.82) is 0 Å². The van der Waals surface area contributed by atoms with E-state index in [4.69, 9.17) is 0 Å². The second-order valence-corrected chi connectivity index (χ2v) is 6.36. The van der Waals surface area contributed by atoms with Crippen LogP contribution in [0.4, 0.5) is 0 Å². The lowest BCUT2D eigenvalue weighted by Crippen LogP contribution is -1.98. The van der Waals surface area contributed by atoms with Crippen molar-refractivity contribution in [2.45, 2.75) is 37.4 Å². The number of thiophene rings is 1. The Labute approximate surface area is 101 Å². The third-order valence-corrected chi connectivity index (χ3v) is 4.60. The number of hydrogen-bond acceptors (Lipinski definition) is 1. The van der Waals surface area contributed by atoms with E-state index in [0.717, 1.165) is 0 Å². The van der Waals surface area contributed by atoms with E-state index in [0.29, 0.717) is 4.83 Å². The lowest BCUT2D eigenvalue weighted by atomic mass is 10.1. The van der Waals surface area contributed by atoms with Crippen molar-refractivity contribution in [2.24, 2.45) is 0 Å². The van der Waals surface area contributed by atoms with E-state index < -0.39 is 0 Å². The highest BCUT2D eigenvalue weighted by molar-refractivity contribution is 9.10. The number of hydrogen-bond donors (Lipinski definition) is 0. The summed E-state index contributed by atoms with van der Waals surface area (Å²) in [4.78, 5) is 2.17. The number of alkyl halides is 1. The van der Waals surface area contributed by atoms with Crippen LogP contribution in [0.1, 0.15) is 31.1 Å². The molecule has 1 atom stereocenters. The molecule has 13 heavy (non-hydrogen) atoms. The summed E-state index contributed by atoms with van der Waals surface area (Å²) in [5.41, 5.74) is 0. The van der Waals surface area contributed by atoms with E-state index in [1.54, 1.807) is 0 Å². The molecule has 1 unspecified atom stereocenters. The Morgan fingerprint density at radius 1 is 1.46 bits per heavy atom. The summed E-state index contributed by atoms with van der Waals surface area (Å²) in [6, 6.07) is 2.22. The number of rotatable bonds is 5. The Balaban J connectivity index is 2.26. The van der Waals surface area contributed by atoms with E-state index in [9.17, 15) is 0 Å². The summed E-state index contributed by atoms with van der Waals surface area (Å²) in [5, 5.41) is 2.15. The second kappa shape index (κ2) is 6.20. The molecule has 0 nitrogen and oxygen atoms in total. The highest BCUT2D eigenvalue weighted by Gasteiger charge is 2.04. The Kier molecular flexibility index (Phi) is 5.60. The third kappa shape index (κ3) is 4.61. The van der Waals surface area contributed by atoms with Gasteiger partial charge in [-0.2, -0.15) is 0 Å². The first-order valence-corrected chi connectivity index (χ1v) is 7.18. The zero-order valence-corrected chi connectivity index (χ0v) is 11.7. The first-order valence-electron chi connectivity index (χ1n) is 4.59. The summed E-state index contributed by atoms with van der Waals surface area (Å²) in [7, 11) is 0. The molecular formula is C10H14Br2S. The van der Waals surface area contributed by atoms with Crippen molar-refractivity contribution in [1.82, 2.24) is 0 Å². The average Bonchev–Trinajstić information content (AvgIpc) is 2.49. The summed E-state index contributed by atoms with van der Waals surface area (Å²) in [6.07, 6.45) is 5.00. The second-order valence-electron chi connectivity index (χ2n) is 3.16. The van der Waals surface area contributed by atoms with Gasteiger partial charge in [-0.25, -0.2) is 0 Å². The molecule has 0 fully saturated rings. The van der Waals surface area contributed by atoms with Gasteiger partial charge in [0.15, 0.2) is 0 Å². The third-order valence-electron chi connectivity index (χ3n) is 1.93. The molecule has 0 aromatic carbocycles. The van der Waals surface area contributed by atoms with Gasteiger partial charge >= 0.3 is 0 Å². The van der Waals surface area contributed by atoms with E-state index in [-0.39, 0.29) is 0 Å². The maximum atomic E-state index is 3.70. The molecule has 74 valence electrons. The maximum absolute atomic E-state index is 3.70. The van der Waals surface area contributed by atoms with Gasteiger partial charge in [0.1, 0.15) is 0 Å². The predicted molar refractivity (Wildman–Crippen MR) is 68.0 cm³/mol. The molecule has 0 bridgehead atoms. The van der Waals surface area contributed by atoms with E-state index in [2.05, 4.69) is 50.2 Å². The fourth-order valence-electron chi connectivity index (χ4n) is 1.24. The molecule has 1 aromatic heterocycles. The molecule has 1 heterocycles. The SMILES string of the molecule is CCCC(Br)CCc1cc(Br)cs1. The van der Waals surface area contributed by atoms with Gasteiger partial charge in [-0.15, -0.1) is 11.3 Å². The zero-order chi connectivity index (χ0) is 9.68. The molecule has 3 heteroatoms. The smallest absolute Gasteiger partial charge is 0.0285 e. The molecule has 1 aromatic rings. The molecular weight excluding hydrogens is 312 g/mol. The van der Waals surface area contributed by atoms with Crippen LogP contribution in [-0.2, 0) is 6.42 Å². The van der Waals surface area contributed by atoms with Crippen molar-refractivity contribution >= 4 is 43.2 Å². The number of aryl methyl sites for hydroxylation is 1. The molecule has 0 saturated heterocycles. The van der Waals surface area contributed by atoms with Gasteiger partial charge < -0.3 is 0 Å². The standard InChI is InChI=1S/C10H14Br2S/c1-2-3-8(11)4-5-10-6-9(12)7-13-10/h6-8H,2-5H2,1H3. The highest BCUT2D eigenvalue weighted by atomic mass is 79.9. The van der Waals surface area contributed by atoms with E-state index in [1.165, 1.54) is 35.0 Å². The van der Waals surface area contributed by atoms with Crippen LogP contribution in [0.25, 0.3) is 0 Å². The Bertz CT molecular complexity index is 245. The predicted octanol–water partition coefficient (Wildman–Crippen LogP) is 5.01. The van der Waals surface area contributed by atoms with Gasteiger partial charge in [-0.05, 0) is 41.3 Å². The van der Waals surface area contributed by atoms with E-state index >= 15 is 0 Å². The first kappa shape index (κ1) is 11.7. The van der Waals surface area contributed by atoms with Gasteiger partial charge in [0.2, 0.25) is 0 Å². The summed E-state index contributed by atoms with van der Waals surface area (Å²) >= 11 is 9.01. The van der Waals surface area contributed by atoms with Crippen molar-refractivity contribution in [3.63, 3.8) is 0 Å². The van der Waals surface area contributed by atoms with Gasteiger partial charge in [-0.1, -0.05) is 29.3 Å². The average molecular weight is 326 g/mol. The first-order chi connectivity index (χ1) is 6.22. The maximum Gasteiger partial charge on any atom is 0.0285 e. The largest absolute Gasteiger partial charge is 0.148 e. The van der Waals surface area contributed by atoms with Crippen LogP contribution in [-0.4, -0.2) is 4.83 Å². The molecule has 0 aliphatic rings. The summed E-state index contributed by atoms with van der Waals surface area (Å²) in [5.74, 6) is 0. The minimum Gasteiger partial charge on any atom is -0.148 e. The summed E-state index contributed by atoms with van der Waals surface area (Å²) < 4.78 is 1.22. The van der Waals surface area contributed by atoms with E-state index in [1.807, 2.05) is 11.3 Å². The van der Waals surface area contributed by atoms with Crippen LogP contribution in [0, 0.1) is 0 Å². The highest BCUT2D eigenvalue weighted by Crippen LogP contribution is 2.23. The van der Waals surface area contributed by atoms with Gasteiger partial charge in [0.25, 0.3) is 0 Å². The molecule has 0 N–H and O–H groups in total. The Morgan fingerprint density at radius 2 is 2.23 bits per heavy atom. The fourth-order valence-corrected chi connectivity index (χ4v) is 3.40. The Hall–Kier alpha value is 0.660. The molecule has 0 saturated carbocycles. The van der Waals surface area contributed by atoms with Crippen molar-refractivity contribution in [2.75, 3.05) is 0 Å². The fraction of sp³-hybridized carbons (Fsp3) is 0.600. The van der Waals surface area contributed by atoms with Crippen LogP contribution in [0.15, 0.2) is 15.9 Å². The topological polar surface area (TPSA) is 0 Å². The molecule has 0 radical (unpaired) electrons. The van der Waals surface area contributed by atoms with Gasteiger partial charge in [0.05, 0.1) is 0 Å². The molecule has 1 rings (SSSR count). The lowest BCUT2D eigenvalue weighted by Gasteiger charge is -2.05. The van der Waals surface area contributed by atoms with Crippen LogP contribution in [0.2, 0.25) is 0 Å². The monoisotopic (exact) mass is 324 g/mol. The lowest BCUT2D eigenvalue weighted by molar-refractivity contribution is 0.697. The van der Waals surface area contributed by atoms with Crippen LogP contribution < -0.4 is 0 Å².